The van der Waals surface area contributed by atoms with Gasteiger partial charge in [-0.2, -0.15) is 0 Å². The van der Waals surface area contributed by atoms with Crippen LogP contribution in [0.5, 0.6) is 0 Å². The third-order valence-electron chi connectivity index (χ3n) is 3.22. The molecule has 4 heteroatoms. The Labute approximate surface area is 97.7 Å². The predicted molar refractivity (Wildman–Crippen MR) is 65.4 cm³/mol. The minimum absolute atomic E-state index is 0.250. The first-order valence-electron chi connectivity index (χ1n) is 6.00. The lowest BCUT2D eigenvalue weighted by atomic mass is 10.0. The van der Waals surface area contributed by atoms with E-state index in [2.05, 4.69) is 40.7 Å². The van der Waals surface area contributed by atoms with Crippen LogP contribution in [0.25, 0.3) is 0 Å². The standard InChI is InChI=1S/C12H22N4/c1-12(2)10-16(9-6-14-12)7-4-11-13-5-8-15(11)3/h5,8,14H,4,6-7,9-10H2,1-3H3. The lowest BCUT2D eigenvalue weighted by Gasteiger charge is -2.39. The summed E-state index contributed by atoms with van der Waals surface area (Å²) >= 11 is 0. The second-order valence-corrected chi connectivity index (χ2v) is 5.29. The molecule has 16 heavy (non-hydrogen) atoms. The number of imidazole rings is 1. The fourth-order valence-corrected chi connectivity index (χ4v) is 2.33. The Morgan fingerprint density at radius 2 is 2.31 bits per heavy atom. The first kappa shape index (κ1) is 11.6. The highest BCUT2D eigenvalue weighted by molar-refractivity contribution is 4.93. The van der Waals surface area contributed by atoms with Crippen molar-refractivity contribution in [3.8, 4) is 0 Å². The number of hydrogen-bond acceptors (Lipinski definition) is 3. The fourth-order valence-electron chi connectivity index (χ4n) is 2.33. The van der Waals surface area contributed by atoms with Crippen LogP contribution in [0, 0.1) is 0 Å². The molecular weight excluding hydrogens is 200 g/mol. The molecule has 0 bridgehead atoms. The molecule has 1 aromatic heterocycles. The van der Waals surface area contributed by atoms with E-state index in [1.807, 2.05) is 12.4 Å². The zero-order valence-corrected chi connectivity index (χ0v) is 10.5. The zero-order chi connectivity index (χ0) is 11.6. The van der Waals surface area contributed by atoms with Crippen LogP contribution in [0.15, 0.2) is 12.4 Å². The van der Waals surface area contributed by atoms with Crippen LogP contribution < -0.4 is 5.32 Å². The highest BCUT2D eigenvalue weighted by atomic mass is 15.2. The van der Waals surface area contributed by atoms with E-state index >= 15 is 0 Å². The molecular formula is C12H22N4. The summed E-state index contributed by atoms with van der Waals surface area (Å²) in [5, 5.41) is 3.53. The second kappa shape index (κ2) is 4.55. The molecule has 1 fully saturated rings. The van der Waals surface area contributed by atoms with Gasteiger partial charge in [-0.05, 0) is 13.8 Å². The SMILES string of the molecule is Cn1ccnc1CCN1CCNC(C)(C)C1. The molecule has 0 amide bonds. The van der Waals surface area contributed by atoms with Gasteiger partial charge in [-0.15, -0.1) is 0 Å². The molecule has 0 radical (unpaired) electrons. The summed E-state index contributed by atoms with van der Waals surface area (Å²) in [6.45, 7) is 8.99. The third-order valence-corrected chi connectivity index (χ3v) is 3.22. The molecule has 1 aliphatic rings. The Balaban J connectivity index is 1.84. The van der Waals surface area contributed by atoms with Crippen molar-refractivity contribution in [3.63, 3.8) is 0 Å². The molecule has 1 aliphatic heterocycles. The summed E-state index contributed by atoms with van der Waals surface area (Å²) in [4.78, 5) is 6.88. The first-order valence-corrected chi connectivity index (χ1v) is 6.00. The fraction of sp³-hybridized carbons (Fsp3) is 0.750. The van der Waals surface area contributed by atoms with Gasteiger partial charge in [0.25, 0.3) is 0 Å². The molecule has 1 saturated heterocycles. The molecule has 1 aromatic rings. The Morgan fingerprint density at radius 1 is 1.50 bits per heavy atom. The number of nitrogens with zero attached hydrogens (tertiary/aromatic N) is 3. The molecule has 4 nitrogen and oxygen atoms in total. The quantitative estimate of drug-likeness (QED) is 0.815. The lowest BCUT2D eigenvalue weighted by Crippen LogP contribution is -2.57. The van der Waals surface area contributed by atoms with E-state index in [1.165, 1.54) is 5.82 Å². The van der Waals surface area contributed by atoms with Gasteiger partial charge in [0.05, 0.1) is 0 Å². The summed E-state index contributed by atoms with van der Waals surface area (Å²) in [6, 6.07) is 0. The average molecular weight is 222 g/mol. The van der Waals surface area contributed by atoms with Crippen LogP contribution in [0.1, 0.15) is 19.7 Å². The van der Waals surface area contributed by atoms with Crippen molar-refractivity contribution in [1.82, 2.24) is 19.8 Å². The summed E-state index contributed by atoms with van der Waals surface area (Å²) in [6.07, 6.45) is 4.92. The van der Waals surface area contributed by atoms with Crippen molar-refractivity contribution in [2.75, 3.05) is 26.2 Å². The zero-order valence-electron chi connectivity index (χ0n) is 10.5. The third kappa shape index (κ3) is 2.83. The van der Waals surface area contributed by atoms with E-state index in [-0.39, 0.29) is 5.54 Å². The highest BCUT2D eigenvalue weighted by Gasteiger charge is 2.25. The average Bonchev–Trinajstić information content (AvgIpc) is 2.60. The molecule has 2 heterocycles. The van der Waals surface area contributed by atoms with Gasteiger partial charge in [0.15, 0.2) is 0 Å². The maximum atomic E-state index is 4.36. The number of hydrogen-bond donors (Lipinski definition) is 1. The second-order valence-electron chi connectivity index (χ2n) is 5.29. The molecule has 1 N–H and O–H groups in total. The van der Waals surface area contributed by atoms with E-state index < -0.39 is 0 Å². The number of rotatable bonds is 3. The summed E-state index contributed by atoms with van der Waals surface area (Å²) in [5.74, 6) is 1.18. The summed E-state index contributed by atoms with van der Waals surface area (Å²) in [5.41, 5.74) is 0.250. The Morgan fingerprint density at radius 3 is 2.94 bits per heavy atom. The van der Waals surface area contributed by atoms with Gasteiger partial charge < -0.3 is 9.88 Å². The number of aromatic nitrogens is 2. The molecule has 0 atom stereocenters. The first-order chi connectivity index (χ1) is 7.57. The Bertz CT molecular complexity index is 343. The van der Waals surface area contributed by atoms with Crippen molar-refractivity contribution in [2.24, 2.45) is 7.05 Å². The van der Waals surface area contributed by atoms with Crippen LogP contribution in [-0.4, -0.2) is 46.2 Å². The molecule has 0 unspecified atom stereocenters. The minimum atomic E-state index is 0.250. The van der Waals surface area contributed by atoms with Gasteiger partial charge in [-0.1, -0.05) is 0 Å². The number of piperazine rings is 1. The van der Waals surface area contributed by atoms with Gasteiger partial charge >= 0.3 is 0 Å². The molecule has 0 saturated carbocycles. The maximum Gasteiger partial charge on any atom is 0.109 e. The monoisotopic (exact) mass is 222 g/mol. The summed E-state index contributed by atoms with van der Waals surface area (Å²) in [7, 11) is 2.06. The Hall–Kier alpha value is -0.870. The van der Waals surface area contributed by atoms with Gasteiger partial charge in [0, 0.05) is 57.6 Å². The smallest absolute Gasteiger partial charge is 0.109 e. The normalized spacial score (nSPS) is 21.2. The van der Waals surface area contributed by atoms with Crippen LogP contribution in [-0.2, 0) is 13.5 Å². The van der Waals surface area contributed by atoms with Gasteiger partial charge in [-0.25, -0.2) is 4.98 Å². The number of nitrogens with one attached hydrogen (secondary N) is 1. The van der Waals surface area contributed by atoms with Crippen molar-refractivity contribution < 1.29 is 0 Å². The van der Waals surface area contributed by atoms with E-state index in [9.17, 15) is 0 Å². The van der Waals surface area contributed by atoms with Crippen LogP contribution in [0.2, 0.25) is 0 Å². The van der Waals surface area contributed by atoms with Crippen molar-refractivity contribution in [3.05, 3.63) is 18.2 Å². The molecule has 2 rings (SSSR count). The van der Waals surface area contributed by atoms with Gasteiger partial charge in [0.2, 0.25) is 0 Å². The van der Waals surface area contributed by atoms with Gasteiger partial charge in [0.1, 0.15) is 5.82 Å². The maximum absolute atomic E-state index is 4.36. The lowest BCUT2D eigenvalue weighted by molar-refractivity contribution is 0.155. The predicted octanol–water partition coefficient (Wildman–Crippen LogP) is 0.646. The van der Waals surface area contributed by atoms with Crippen molar-refractivity contribution in [1.29, 1.82) is 0 Å². The van der Waals surface area contributed by atoms with E-state index in [0.717, 1.165) is 32.6 Å². The van der Waals surface area contributed by atoms with E-state index in [1.54, 1.807) is 0 Å². The highest BCUT2D eigenvalue weighted by Crippen LogP contribution is 2.10. The molecule has 0 spiro atoms. The van der Waals surface area contributed by atoms with Crippen LogP contribution in [0.3, 0.4) is 0 Å². The van der Waals surface area contributed by atoms with Crippen molar-refractivity contribution in [2.45, 2.75) is 25.8 Å². The Kier molecular flexibility index (Phi) is 3.30. The van der Waals surface area contributed by atoms with Crippen LogP contribution in [0.4, 0.5) is 0 Å². The van der Waals surface area contributed by atoms with E-state index in [4.69, 9.17) is 0 Å². The van der Waals surface area contributed by atoms with Crippen molar-refractivity contribution >= 4 is 0 Å². The molecule has 90 valence electrons. The number of aryl methyl sites for hydroxylation is 1. The van der Waals surface area contributed by atoms with E-state index in [0.29, 0.717) is 0 Å². The molecule has 0 aliphatic carbocycles. The van der Waals surface area contributed by atoms with Crippen LogP contribution >= 0.6 is 0 Å². The summed E-state index contributed by atoms with van der Waals surface area (Å²) < 4.78 is 2.10. The molecule has 0 aromatic carbocycles. The largest absolute Gasteiger partial charge is 0.338 e. The minimum Gasteiger partial charge on any atom is -0.338 e. The topological polar surface area (TPSA) is 33.1 Å². The van der Waals surface area contributed by atoms with Gasteiger partial charge in [-0.3, -0.25) is 4.90 Å².